The Kier molecular flexibility index (Phi) is 3.71. The van der Waals surface area contributed by atoms with E-state index < -0.39 is 17.2 Å². The first-order chi connectivity index (χ1) is 7.74. The van der Waals surface area contributed by atoms with Crippen LogP contribution in [0.1, 0.15) is 25.0 Å². The molecule has 2 nitrogen and oxygen atoms in total. The average molecular weight is 248 g/mol. The van der Waals surface area contributed by atoms with Crippen molar-refractivity contribution in [3.05, 3.63) is 29.3 Å². The minimum atomic E-state index is -4.47. The monoisotopic (exact) mass is 248 g/mol. The zero-order valence-electron chi connectivity index (χ0n) is 9.93. The number of rotatable bonds is 3. The van der Waals surface area contributed by atoms with E-state index in [1.165, 1.54) is 19.2 Å². The first-order valence-corrected chi connectivity index (χ1v) is 5.09. The van der Waals surface area contributed by atoms with Gasteiger partial charge in [-0.25, -0.2) is 0 Å². The number of hydrogen-bond acceptors (Lipinski definition) is 2. The Morgan fingerprint density at radius 2 is 1.71 bits per heavy atom. The third-order valence-corrected chi connectivity index (χ3v) is 2.65. The Hall–Kier alpha value is -1.23. The second-order valence-corrected chi connectivity index (χ2v) is 4.43. The summed E-state index contributed by atoms with van der Waals surface area (Å²) in [6.07, 6.45) is -4.47. The lowest BCUT2D eigenvalue weighted by Crippen LogP contribution is -2.24. The minimum absolute atomic E-state index is 0.223. The predicted octanol–water partition coefficient (Wildman–Crippen LogP) is 2.98. The van der Waals surface area contributed by atoms with E-state index in [9.17, 15) is 18.3 Å². The largest absolute Gasteiger partial charge is 0.496 e. The molecule has 1 aromatic rings. The molecule has 1 aromatic carbocycles. The molecule has 0 radical (unpaired) electrons. The van der Waals surface area contributed by atoms with Gasteiger partial charge in [0.1, 0.15) is 5.75 Å². The van der Waals surface area contributed by atoms with Crippen LogP contribution >= 0.6 is 0 Å². The van der Waals surface area contributed by atoms with Crippen LogP contribution in [0.15, 0.2) is 18.2 Å². The summed E-state index contributed by atoms with van der Waals surface area (Å²) in [6, 6.07) is 3.82. The van der Waals surface area contributed by atoms with Gasteiger partial charge in [0.15, 0.2) is 0 Å². The fourth-order valence-corrected chi connectivity index (χ4v) is 1.60. The van der Waals surface area contributed by atoms with Crippen LogP contribution in [0.3, 0.4) is 0 Å². The first kappa shape index (κ1) is 13.8. The Morgan fingerprint density at radius 3 is 2.12 bits per heavy atom. The van der Waals surface area contributed by atoms with Crippen LogP contribution in [0, 0.1) is 0 Å². The molecule has 0 saturated heterocycles. The Labute approximate surface area is 98.0 Å². The lowest BCUT2D eigenvalue weighted by molar-refractivity contribution is -0.138. The van der Waals surface area contributed by atoms with E-state index in [2.05, 4.69) is 0 Å². The van der Waals surface area contributed by atoms with Gasteiger partial charge >= 0.3 is 6.18 Å². The van der Waals surface area contributed by atoms with E-state index in [4.69, 9.17) is 4.74 Å². The molecule has 0 aliphatic carbocycles. The molecule has 0 heterocycles. The van der Waals surface area contributed by atoms with Crippen LogP contribution in [-0.4, -0.2) is 18.8 Å². The SMILES string of the molecule is COc1c(C(F)(F)F)cccc1C(C)(C)CO. The molecule has 0 aliphatic heterocycles. The molecule has 0 amide bonds. The Balaban J connectivity index is 3.44. The van der Waals surface area contributed by atoms with Crippen molar-refractivity contribution >= 4 is 0 Å². The number of halogens is 3. The molecular formula is C12H15F3O2. The van der Waals surface area contributed by atoms with Crippen molar-refractivity contribution in [3.8, 4) is 5.75 Å². The van der Waals surface area contributed by atoms with Gasteiger partial charge in [-0.1, -0.05) is 26.0 Å². The van der Waals surface area contributed by atoms with E-state index >= 15 is 0 Å². The molecule has 5 heteroatoms. The van der Waals surface area contributed by atoms with Gasteiger partial charge in [-0.3, -0.25) is 0 Å². The van der Waals surface area contributed by atoms with Crippen LogP contribution in [0.25, 0.3) is 0 Å². The van der Waals surface area contributed by atoms with Gasteiger partial charge in [0.25, 0.3) is 0 Å². The van der Waals surface area contributed by atoms with Crippen molar-refractivity contribution in [1.82, 2.24) is 0 Å². The first-order valence-electron chi connectivity index (χ1n) is 5.09. The highest BCUT2D eigenvalue weighted by atomic mass is 19.4. The summed E-state index contributed by atoms with van der Waals surface area (Å²) in [5, 5.41) is 9.22. The summed E-state index contributed by atoms with van der Waals surface area (Å²) < 4.78 is 43.2. The summed E-state index contributed by atoms with van der Waals surface area (Å²) in [6.45, 7) is 3.06. The van der Waals surface area contributed by atoms with Crippen LogP contribution in [0.4, 0.5) is 13.2 Å². The molecule has 96 valence electrons. The third-order valence-electron chi connectivity index (χ3n) is 2.65. The highest BCUT2D eigenvalue weighted by molar-refractivity contribution is 5.46. The smallest absolute Gasteiger partial charge is 0.419 e. The Morgan fingerprint density at radius 1 is 1.18 bits per heavy atom. The lowest BCUT2D eigenvalue weighted by atomic mass is 9.84. The molecule has 0 aromatic heterocycles. The predicted molar refractivity (Wildman–Crippen MR) is 58.1 cm³/mol. The van der Waals surface area contributed by atoms with Crippen molar-refractivity contribution < 1.29 is 23.0 Å². The van der Waals surface area contributed by atoms with E-state index in [0.29, 0.717) is 5.56 Å². The van der Waals surface area contributed by atoms with Crippen LogP contribution < -0.4 is 4.74 Å². The number of hydrogen-bond donors (Lipinski definition) is 1. The minimum Gasteiger partial charge on any atom is -0.496 e. The molecule has 0 saturated carbocycles. The fourth-order valence-electron chi connectivity index (χ4n) is 1.60. The molecule has 0 atom stereocenters. The van der Waals surface area contributed by atoms with Crippen molar-refractivity contribution in [2.45, 2.75) is 25.4 Å². The summed E-state index contributed by atoms with van der Waals surface area (Å²) in [5.74, 6) is -0.223. The van der Waals surface area contributed by atoms with Crippen molar-refractivity contribution in [2.75, 3.05) is 13.7 Å². The molecular weight excluding hydrogens is 233 g/mol. The summed E-state index contributed by atoms with van der Waals surface area (Å²) in [5.41, 5.74) is -1.26. The van der Waals surface area contributed by atoms with Crippen LogP contribution in [-0.2, 0) is 11.6 Å². The van der Waals surface area contributed by atoms with E-state index in [-0.39, 0.29) is 12.4 Å². The van der Waals surface area contributed by atoms with Crippen molar-refractivity contribution in [2.24, 2.45) is 0 Å². The van der Waals surface area contributed by atoms with Crippen LogP contribution in [0.5, 0.6) is 5.75 Å². The second kappa shape index (κ2) is 4.56. The van der Waals surface area contributed by atoms with Crippen molar-refractivity contribution in [1.29, 1.82) is 0 Å². The van der Waals surface area contributed by atoms with Gasteiger partial charge < -0.3 is 9.84 Å². The number of aliphatic hydroxyl groups excluding tert-OH is 1. The maximum absolute atomic E-state index is 12.8. The Bertz CT molecular complexity index is 397. The number of alkyl halides is 3. The molecule has 0 unspecified atom stereocenters. The quantitative estimate of drug-likeness (QED) is 0.891. The number of aliphatic hydroxyl groups is 1. The number of methoxy groups -OCH3 is 1. The summed E-state index contributed by atoms with van der Waals surface area (Å²) in [7, 11) is 1.20. The molecule has 1 N–H and O–H groups in total. The van der Waals surface area contributed by atoms with E-state index in [1.807, 2.05) is 0 Å². The third kappa shape index (κ3) is 2.72. The molecule has 17 heavy (non-hydrogen) atoms. The maximum atomic E-state index is 12.8. The van der Waals surface area contributed by atoms with E-state index in [1.54, 1.807) is 13.8 Å². The highest BCUT2D eigenvalue weighted by Gasteiger charge is 2.37. The maximum Gasteiger partial charge on any atom is 0.419 e. The van der Waals surface area contributed by atoms with E-state index in [0.717, 1.165) is 6.07 Å². The van der Waals surface area contributed by atoms with Gasteiger partial charge in [0, 0.05) is 11.0 Å². The topological polar surface area (TPSA) is 29.5 Å². The average Bonchev–Trinajstić information content (AvgIpc) is 2.26. The van der Waals surface area contributed by atoms with Gasteiger partial charge in [0.2, 0.25) is 0 Å². The van der Waals surface area contributed by atoms with Gasteiger partial charge in [-0.15, -0.1) is 0 Å². The van der Waals surface area contributed by atoms with Crippen LogP contribution in [0.2, 0.25) is 0 Å². The number of ether oxygens (including phenoxy) is 1. The summed E-state index contributed by atoms with van der Waals surface area (Å²) in [4.78, 5) is 0. The zero-order valence-corrected chi connectivity index (χ0v) is 9.93. The van der Waals surface area contributed by atoms with Gasteiger partial charge in [0.05, 0.1) is 19.3 Å². The number of benzene rings is 1. The van der Waals surface area contributed by atoms with Gasteiger partial charge in [-0.05, 0) is 6.07 Å². The van der Waals surface area contributed by atoms with Crippen molar-refractivity contribution in [3.63, 3.8) is 0 Å². The molecule has 1 rings (SSSR count). The van der Waals surface area contributed by atoms with Gasteiger partial charge in [-0.2, -0.15) is 13.2 Å². The zero-order chi connectivity index (χ0) is 13.3. The number of para-hydroxylation sites is 1. The summed E-state index contributed by atoms with van der Waals surface area (Å²) >= 11 is 0. The lowest BCUT2D eigenvalue weighted by Gasteiger charge is -2.26. The second-order valence-electron chi connectivity index (χ2n) is 4.43. The molecule has 0 aliphatic rings. The standard InChI is InChI=1S/C12H15F3O2/c1-11(2,7-16)8-5-4-6-9(10(8)17-3)12(13,14)15/h4-6,16H,7H2,1-3H3. The highest BCUT2D eigenvalue weighted by Crippen LogP contribution is 2.41. The fraction of sp³-hybridized carbons (Fsp3) is 0.500. The molecule has 0 spiro atoms. The molecule has 0 fully saturated rings. The molecule has 0 bridgehead atoms. The normalized spacial score (nSPS) is 12.6.